The predicted octanol–water partition coefficient (Wildman–Crippen LogP) is 5.78. The Hall–Kier alpha value is -2.09. The molecule has 126 valence electrons. The molecule has 0 saturated carbocycles. The van der Waals surface area contributed by atoms with Crippen molar-refractivity contribution >= 4 is 17.6 Å². The van der Waals surface area contributed by atoms with Crippen LogP contribution in [-0.4, -0.2) is 18.8 Å². The first kappa shape index (κ1) is 16.8. The molecule has 1 aliphatic rings. The molecule has 24 heavy (non-hydrogen) atoms. The maximum Gasteiger partial charge on any atom is 0.0632 e. The van der Waals surface area contributed by atoms with Gasteiger partial charge < -0.3 is 4.90 Å². The van der Waals surface area contributed by atoms with Crippen LogP contribution in [0.4, 0.5) is 11.4 Å². The van der Waals surface area contributed by atoms with Crippen LogP contribution in [0.15, 0.2) is 41.4 Å². The number of hydrogen-bond donors (Lipinski definition) is 0. The van der Waals surface area contributed by atoms with E-state index in [4.69, 9.17) is 0 Å². The third-order valence-corrected chi connectivity index (χ3v) is 5.38. The Labute approximate surface area is 146 Å². The molecule has 1 heterocycles. The van der Waals surface area contributed by atoms with Crippen molar-refractivity contribution in [1.29, 1.82) is 0 Å². The second-order valence-corrected chi connectivity index (χ2v) is 7.84. The maximum atomic E-state index is 4.68. The molecule has 0 radical (unpaired) electrons. The highest BCUT2D eigenvalue weighted by molar-refractivity contribution is 5.86. The summed E-state index contributed by atoms with van der Waals surface area (Å²) >= 11 is 0. The van der Waals surface area contributed by atoms with Gasteiger partial charge in [0.25, 0.3) is 0 Å². The molecule has 3 rings (SSSR count). The molecular weight excluding hydrogens is 292 g/mol. The number of hydrogen-bond acceptors (Lipinski definition) is 2. The van der Waals surface area contributed by atoms with Crippen LogP contribution < -0.4 is 4.90 Å². The topological polar surface area (TPSA) is 15.6 Å². The first-order chi connectivity index (χ1) is 11.3. The Bertz CT molecular complexity index is 787. The van der Waals surface area contributed by atoms with E-state index in [2.05, 4.69) is 88.0 Å². The largest absolute Gasteiger partial charge is 0.369 e. The van der Waals surface area contributed by atoms with Crippen molar-refractivity contribution in [2.75, 3.05) is 11.9 Å². The van der Waals surface area contributed by atoms with Gasteiger partial charge in [-0.15, -0.1) is 0 Å². The lowest BCUT2D eigenvalue weighted by atomic mass is 9.79. The van der Waals surface area contributed by atoms with Crippen LogP contribution in [0.1, 0.15) is 55.4 Å². The molecule has 0 N–H and O–H groups in total. The van der Waals surface area contributed by atoms with E-state index in [9.17, 15) is 0 Å². The first-order valence-corrected chi connectivity index (χ1v) is 8.77. The fourth-order valence-corrected chi connectivity index (χ4v) is 3.73. The smallest absolute Gasteiger partial charge is 0.0632 e. The highest BCUT2D eigenvalue weighted by atomic mass is 15.2. The predicted molar refractivity (Wildman–Crippen MR) is 105 cm³/mol. The average molecular weight is 320 g/mol. The van der Waals surface area contributed by atoms with E-state index in [0.717, 1.165) is 5.69 Å². The van der Waals surface area contributed by atoms with Crippen LogP contribution in [0.5, 0.6) is 0 Å². The van der Waals surface area contributed by atoms with E-state index in [1.807, 2.05) is 6.21 Å². The molecule has 2 aromatic rings. The lowest BCUT2D eigenvalue weighted by molar-refractivity contribution is 0.395. The van der Waals surface area contributed by atoms with E-state index in [-0.39, 0.29) is 5.54 Å². The fraction of sp³-hybridized carbons (Fsp3) is 0.409. The number of nitrogens with zero attached hydrogens (tertiary/aromatic N) is 2. The second kappa shape index (κ2) is 6.08. The van der Waals surface area contributed by atoms with Gasteiger partial charge in [-0.2, -0.15) is 0 Å². The molecule has 0 aromatic heterocycles. The Balaban J connectivity index is 1.99. The zero-order valence-corrected chi connectivity index (χ0v) is 15.7. The summed E-state index contributed by atoms with van der Waals surface area (Å²) in [6.07, 6.45) is 3.19. The fourth-order valence-electron chi connectivity index (χ4n) is 3.73. The zero-order valence-electron chi connectivity index (χ0n) is 15.7. The monoisotopic (exact) mass is 320 g/mol. The molecule has 2 aromatic carbocycles. The highest BCUT2D eigenvalue weighted by Crippen LogP contribution is 2.43. The van der Waals surface area contributed by atoms with E-state index in [1.165, 1.54) is 34.4 Å². The summed E-state index contributed by atoms with van der Waals surface area (Å²) in [5.41, 5.74) is 7.76. The van der Waals surface area contributed by atoms with E-state index >= 15 is 0 Å². The number of aryl methyl sites for hydroxylation is 2. The van der Waals surface area contributed by atoms with Crippen LogP contribution in [0, 0.1) is 13.8 Å². The Morgan fingerprint density at radius 1 is 1.17 bits per heavy atom. The van der Waals surface area contributed by atoms with Crippen molar-refractivity contribution in [2.45, 2.75) is 52.5 Å². The van der Waals surface area contributed by atoms with Crippen LogP contribution in [0.2, 0.25) is 0 Å². The molecule has 0 bridgehead atoms. The Kier molecular flexibility index (Phi) is 4.25. The van der Waals surface area contributed by atoms with Gasteiger partial charge in [-0.1, -0.05) is 19.1 Å². The molecule has 0 spiro atoms. The normalized spacial score (nSPS) is 19.6. The maximum absolute atomic E-state index is 4.68. The summed E-state index contributed by atoms with van der Waals surface area (Å²) in [7, 11) is 2.21. The van der Waals surface area contributed by atoms with Crippen molar-refractivity contribution in [3.05, 3.63) is 58.7 Å². The SMILES string of the molecule is Cc1cccc(N=Cc2cc3c(cc2C)N(C)C(C)(C)CC3C)c1. The van der Waals surface area contributed by atoms with Crippen LogP contribution >= 0.6 is 0 Å². The minimum absolute atomic E-state index is 0.204. The number of rotatable bonds is 2. The van der Waals surface area contributed by atoms with Crippen molar-refractivity contribution in [2.24, 2.45) is 4.99 Å². The third-order valence-electron chi connectivity index (χ3n) is 5.38. The molecule has 2 heteroatoms. The highest BCUT2D eigenvalue weighted by Gasteiger charge is 2.34. The second-order valence-electron chi connectivity index (χ2n) is 7.84. The van der Waals surface area contributed by atoms with Gasteiger partial charge in [-0.05, 0) is 86.6 Å². The molecule has 1 unspecified atom stereocenters. The first-order valence-electron chi connectivity index (χ1n) is 8.77. The van der Waals surface area contributed by atoms with Crippen LogP contribution in [0.25, 0.3) is 0 Å². The molecule has 1 aliphatic heterocycles. The molecule has 1 atom stereocenters. The van der Waals surface area contributed by atoms with Gasteiger partial charge in [0.05, 0.1) is 5.69 Å². The molecule has 0 amide bonds. The van der Waals surface area contributed by atoms with Crippen molar-refractivity contribution in [1.82, 2.24) is 0 Å². The lowest BCUT2D eigenvalue weighted by Gasteiger charge is -2.45. The standard InChI is InChI=1S/C22H28N2/c1-15-8-7-9-19(10-15)23-14-18-12-20-17(3)13-22(4,5)24(6)21(20)11-16(18)2/h7-12,14,17H,13H2,1-6H3. The number of anilines is 1. The van der Waals surface area contributed by atoms with E-state index < -0.39 is 0 Å². The van der Waals surface area contributed by atoms with Gasteiger partial charge >= 0.3 is 0 Å². The number of fused-ring (bicyclic) bond motifs is 1. The van der Waals surface area contributed by atoms with Gasteiger partial charge in [0.2, 0.25) is 0 Å². The summed E-state index contributed by atoms with van der Waals surface area (Å²) in [6.45, 7) is 11.3. The zero-order chi connectivity index (χ0) is 17.5. The van der Waals surface area contributed by atoms with Crippen molar-refractivity contribution < 1.29 is 0 Å². The molecule has 0 aliphatic carbocycles. The van der Waals surface area contributed by atoms with Gasteiger partial charge in [0, 0.05) is 24.5 Å². The summed E-state index contributed by atoms with van der Waals surface area (Å²) < 4.78 is 0. The molecule has 2 nitrogen and oxygen atoms in total. The van der Waals surface area contributed by atoms with Gasteiger partial charge in [0.15, 0.2) is 0 Å². The quantitative estimate of drug-likeness (QED) is 0.641. The van der Waals surface area contributed by atoms with E-state index in [1.54, 1.807) is 0 Å². The third kappa shape index (κ3) is 3.10. The summed E-state index contributed by atoms with van der Waals surface area (Å²) in [5, 5.41) is 0. The molecule has 0 fully saturated rings. The van der Waals surface area contributed by atoms with Crippen molar-refractivity contribution in [3.63, 3.8) is 0 Å². The molecular formula is C22H28N2. The van der Waals surface area contributed by atoms with Gasteiger partial charge in [-0.25, -0.2) is 0 Å². The summed E-state index contributed by atoms with van der Waals surface area (Å²) in [5.74, 6) is 0.568. The van der Waals surface area contributed by atoms with Crippen LogP contribution in [0.3, 0.4) is 0 Å². The summed E-state index contributed by atoms with van der Waals surface area (Å²) in [6, 6.07) is 13.0. The van der Waals surface area contributed by atoms with Gasteiger partial charge in [0.1, 0.15) is 0 Å². The van der Waals surface area contributed by atoms with Crippen molar-refractivity contribution in [3.8, 4) is 0 Å². The Morgan fingerprint density at radius 2 is 1.92 bits per heavy atom. The number of benzene rings is 2. The summed E-state index contributed by atoms with van der Waals surface area (Å²) in [4.78, 5) is 7.11. The van der Waals surface area contributed by atoms with E-state index in [0.29, 0.717) is 5.92 Å². The average Bonchev–Trinajstić information content (AvgIpc) is 2.51. The molecule has 0 saturated heterocycles. The lowest BCUT2D eigenvalue weighted by Crippen LogP contribution is -2.45. The Morgan fingerprint density at radius 3 is 2.62 bits per heavy atom. The van der Waals surface area contributed by atoms with Gasteiger partial charge in [-0.3, -0.25) is 4.99 Å². The number of aliphatic imine (C=N–C) groups is 1. The minimum atomic E-state index is 0.204. The minimum Gasteiger partial charge on any atom is -0.369 e. The van der Waals surface area contributed by atoms with Crippen LogP contribution in [-0.2, 0) is 0 Å².